The summed E-state index contributed by atoms with van der Waals surface area (Å²) in [4.78, 5) is 50.6. The third kappa shape index (κ3) is 6.29. The lowest BCUT2D eigenvalue weighted by molar-refractivity contribution is -0.149. The summed E-state index contributed by atoms with van der Waals surface area (Å²) in [6.07, 6.45) is 1.94. The first kappa shape index (κ1) is 37.0. The average molecular weight is 740 g/mol. The van der Waals surface area contributed by atoms with Crippen molar-refractivity contribution < 1.29 is 28.3 Å². The van der Waals surface area contributed by atoms with Crippen LogP contribution in [-0.4, -0.2) is 87.2 Å². The highest BCUT2D eigenvalue weighted by molar-refractivity contribution is 6.72. The topological polar surface area (TPSA) is 106 Å². The quantitative estimate of drug-likeness (QED) is 0.156. The lowest BCUT2D eigenvalue weighted by atomic mass is 9.82. The van der Waals surface area contributed by atoms with Crippen molar-refractivity contribution in [2.75, 3.05) is 54.2 Å². The van der Waals surface area contributed by atoms with Crippen molar-refractivity contribution in [3.05, 3.63) is 103 Å². The Kier molecular flexibility index (Phi) is 10.1. The molecule has 10 nitrogen and oxygen atoms in total. The molecule has 7 rings (SSSR count). The summed E-state index contributed by atoms with van der Waals surface area (Å²) in [5.74, 6) is -1.21. The molecule has 4 atom stereocenters. The molecule has 0 saturated carbocycles. The maximum Gasteiger partial charge on any atom is 0.264 e. The Morgan fingerprint density at radius 1 is 1.04 bits per heavy atom. The minimum absolute atomic E-state index is 0.00514. The number of anilines is 3. The highest BCUT2D eigenvalue weighted by Gasteiger charge is 2.67. The summed E-state index contributed by atoms with van der Waals surface area (Å²) in [7, 11) is -3.57. The molecule has 4 aliphatic rings. The fourth-order valence-corrected chi connectivity index (χ4v) is 11.9. The van der Waals surface area contributed by atoms with Gasteiger partial charge < -0.3 is 34.0 Å². The molecule has 3 fully saturated rings. The first-order valence-electron chi connectivity index (χ1n) is 18.7. The van der Waals surface area contributed by atoms with E-state index in [-0.39, 0.29) is 50.4 Å². The number of nitrogens with zero attached hydrogens (tertiary/aromatic N) is 4. The van der Waals surface area contributed by atoms with Crippen LogP contribution in [0.2, 0.25) is 18.6 Å². The highest BCUT2D eigenvalue weighted by atomic mass is 28.4. The molecule has 0 bridgehead atoms. The molecule has 2 N–H and O–H groups in total. The van der Waals surface area contributed by atoms with Gasteiger partial charge in [-0.15, -0.1) is 6.58 Å². The van der Waals surface area contributed by atoms with Gasteiger partial charge in [-0.05, 0) is 74.9 Å². The summed E-state index contributed by atoms with van der Waals surface area (Å²) >= 11 is 0. The van der Waals surface area contributed by atoms with E-state index in [0.717, 1.165) is 24.3 Å². The Hall–Kier alpha value is -4.36. The van der Waals surface area contributed by atoms with Crippen LogP contribution in [0.5, 0.6) is 0 Å². The van der Waals surface area contributed by atoms with Gasteiger partial charge >= 0.3 is 0 Å². The zero-order valence-corrected chi connectivity index (χ0v) is 31.8. The number of fused-ring (bicyclic) bond motifs is 2. The van der Waals surface area contributed by atoms with E-state index >= 15 is 4.11 Å². The first-order chi connectivity index (χ1) is 25.5. The number of nitrogens with one attached hydrogen (secondary N) is 1. The fraction of sp³-hybridized carbons (Fsp3) is 0.439. The van der Waals surface area contributed by atoms with Gasteiger partial charge in [-0.2, -0.15) is 0 Å². The van der Waals surface area contributed by atoms with E-state index in [4.69, 9.17) is 4.74 Å². The maximum absolute atomic E-state index is 16.6. The lowest BCUT2D eigenvalue weighted by Gasteiger charge is -2.39. The smallest absolute Gasteiger partial charge is 0.264 e. The molecule has 0 radical (unpaired) electrons. The van der Waals surface area contributed by atoms with E-state index in [1.165, 1.54) is 0 Å². The van der Waals surface area contributed by atoms with Crippen LogP contribution in [0.3, 0.4) is 0 Å². The predicted octanol–water partition coefficient (Wildman–Crippen LogP) is 5.34. The Morgan fingerprint density at radius 3 is 2.36 bits per heavy atom. The molecule has 0 aromatic heterocycles. The number of halogens is 1. The zero-order chi connectivity index (χ0) is 37.5. The van der Waals surface area contributed by atoms with Crippen LogP contribution in [0.15, 0.2) is 91.5 Å². The van der Waals surface area contributed by atoms with Gasteiger partial charge in [0.15, 0.2) is 5.60 Å². The second-order valence-corrected chi connectivity index (χ2v) is 19.1. The predicted molar refractivity (Wildman–Crippen MR) is 207 cm³/mol. The number of ether oxygens (including phenoxy) is 1. The number of aliphatic hydroxyl groups is 1. The van der Waals surface area contributed by atoms with Crippen LogP contribution >= 0.6 is 0 Å². The molecule has 53 heavy (non-hydrogen) atoms. The molecule has 4 aliphatic heterocycles. The van der Waals surface area contributed by atoms with Gasteiger partial charge in [-0.3, -0.25) is 19.3 Å². The lowest BCUT2D eigenvalue weighted by Crippen LogP contribution is -2.55. The van der Waals surface area contributed by atoms with E-state index < -0.39 is 37.1 Å². The second kappa shape index (κ2) is 14.5. The van der Waals surface area contributed by atoms with E-state index in [9.17, 15) is 19.5 Å². The van der Waals surface area contributed by atoms with Crippen LogP contribution in [0.1, 0.15) is 37.3 Å². The van der Waals surface area contributed by atoms with Gasteiger partial charge in [0.25, 0.3) is 11.8 Å². The summed E-state index contributed by atoms with van der Waals surface area (Å²) in [6.45, 7) is 11.2. The Balaban J connectivity index is 1.27. The molecule has 3 aromatic rings. The number of hydrogen-bond acceptors (Lipinski definition) is 7. The summed E-state index contributed by atoms with van der Waals surface area (Å²) in [5, 5.41) is 13.3. The molecule has 4 heterocycles. The van der Waals surface area contributed by atoms with Crippen LogP contribution in [0.25, 0.3) is 0 Å². The monoisotopic (exact) mass is 739 g/mol. The second-order valence-electron chi connectivity index (χ2n) is 15.3. The largest absolute Gasteiger partial charge is 0.395 e. The average Bonchev–Trinajstić information content (AvgIpc) is 3.69. The van der Waals surface area contributed by atoms with Gasteiger partial charge in [0.05, 0.1) is 31.5 Å². The number of benzene rings is 3. The van der Waals surface area contributed by atoms with Crippen LogP contribution in [-0.2, 0) is 31.3 Å². The van der Waals surface area contributed by atoms with Gasteiger partial charge in [-0.1, -0.05) is 61.5 Å². The summed E-state index contributed by atoms with van der Waals surface area (Å²) in [6, 6.07) is 25.1. The van der Waals surface area contributed by atoms with E-state index in [1.54, 1.807) is 33.9 Å². The van der Waals surface area contributed by atoms with E-state index in [1.807, 2.05) is 85.8 Å². The number of rotatable bonds is 11. The van der Waals surface area contributed by atoms with Gasteiger partial charge in [-0.25, -0.2) is 0 Å². The molecule has 0 aliphatic carbocycles. The molecule has 3 saturated heterocycles. The number of amides is 3. The normalized spacial score (nSPS) is 25.1. The number of hydrogen-bond donors (Lipinski definition) is 2. The highest BCUT2D eigenvalue weighted by Crippen LogP contribution is 2.60. The molecule has 3 amide bonds. The van der Waals surface area contributed by atoms with Crippen molar-refractivity contribution in [1.82, 2.24) is 10.2 Å². The standard InChI is InChI=1S/C41H50FN5O5Si/c1-5-22-45-34-17-16-32(46-28-47(31-14-10-7-11-15-31)40(38(46)50)18-20-43-21-19-40)25-33(34)41(39(45)51)29(2)37(53(3,4)42)35(52-41)26-36(49)44(23-24-48)27-30-12-8-6-9-13-30/h5-17,25,29,35,37,43,48H,1,18-24,26-28H2,2-4H3/t29-,35+,37-,41+/m0/s1. The van der Waals surface area contributed by atoms with Crippen LogP contribution < -0.4 is 20.0 Å². The molecule has 280 valence electrons. The van der Waals surface area contributed by atoms with Crippen molar-refractivity contribution in [3.8, 4) is 0 Å². The zero-order valence-electron chi connectivity index (χ0n) is 30.8. The molecule has 2 spiro atoms. The SMILES string of the molecule is C=CCN1C(=O)[C@]2(O[C@H](CC(=O)N(CCO)Cc3ccccc3)[C@@H]([Si](C)(C)F)[C@@H]2C)c2cc(N3CN(c4ccccc4)C4(CCNCC4)C3=O)ccc21. The Labute approximate surface area is 312 Å². The minimum atomic E-state index is -3.57. The number of carbonyl (C=O) groups excluding carboxylic acids is 3. The Bertz CT molecular complexity index is 1850. The summed E-state index contributed by atoms with van der Waals surface area (Å²) in [5.41, 5.74) is 0.738. The molecule has 3 aromatic carbocycles. The van der Waals surface area contributed by atoms with E-state index in [0.29, 0.717) is 36.4 Å². The van der Waals surface area contributed by atoms with Crippen molar-refractivity contribution in [3.63, 3.8) is 0 Å². The number of piperidine rings is 1. The van der Waals surface area contributed by atoms with Crippen molar-refractivity contribution >= 4 is 43.2 Å². The van der Waals surface area contributed by atoms with Crippen molar-refractivity contribution in [1.29, 1.82) is 0 Å². The summed E-state index contributed by atoms with van der Waals surface area (Å²) < 4.78 is 23.5. The van der Waals surface area contributed by atoms with E-state index in [2.05, 4.69) is 16.8 Å². The Morgan fingerprint density at radius 2 is 1.72 bits per heavy atom. The minimum Gasteiger partial charge on any atom is -0.395 e. The van der Waals surface area contributed by atoms with Gasteiger partial charge in [0.2, 0.25) is 14.3 Å². The van der Waals surface area contributed by atoms with Crippen molar-refractivity contribution in [2.45, 2.75) is 68.6 Å². The van der Waals surface area contributed by atoms with Crippen LogP contribution in [0, 0.1) is 5.92 Å². The van der Waals surface area contributed by atoms with Gasteiger partial charge in [0, 0.05) is 48.0 Å². The molecule has 0 unspecified atom stereocenters. The first-order valence-corrected chi connectivity index (χ1v) is 21.6. The number of aliphatic hydroxyl groups excluding tert-OH is 1. The molecular weight excluding hydrogens is 690 g/mol. The third-order valence-corrected chi connectivity index (χ3v) is 14.3. The molecule has 12 heteroatoms. The number of para-hydroxylation sites is 1. The maximum atomic E-state index is 16.6. The van der Waals surface area contributed by atoms with Crippen LogP contribution in [0.4, 0.5) is 21.2 Å². The fourth-order valence-electron chi connectivity index (χ4n) is 9.40. The number of carbonyl (C=O) groups is 3. The van der Waals surface area contributed by atoms with Gasteiger partial charge in [0.1, 0.15) is 5.54 Å². The third-order valence-electron chi connectivity index (χ3n) is 11.8. The molecular formula is C41H50FN5O5Si. The van der Waals surface area contributed by atoms with Crippen molar-refractivity contribution in [2.24, 2.45) is 5.92 Å².